The fourth-order valence-corrected chi connectivity index (χ4v) is 0.829. The van der Waals surface area contributed by atoms with Gasteiger partial charge in [-0.05, 0) is 6.42 Å². The van der Waals surface area contributed by atoms with Gasteiger partial charge in [0, 0.05) is 5.56 Å². The van der Waals surface area contributed by atoms with Crippen molar-refractivity contribution in [2.45, 2.75) is 13.3 Å². The lowest BCUT2D eigenvalue weighted by atomic mass is 10.2. The Bertz CT molecular complexity index is 270. The molecule has 0 aliphatic rings. The lowest BCUT2D eigenvalue weighted by Gasteiger charge is -2.01. The fraction of sp³-hybridized carbons (Fsp3) is 0.333. The molecule has 4 N–H and O–H groups in total. The third-order valence-electron chi connectivity index (χ3n) is 1.44. The Balaban J connectivity index is 2.68. The van der Waals surface area contributed by atoms with Gasteiger partial charge in [-0.2, -0.15) is 5.10 Å². The zero-order chi connectivity index (χ0) is 8.97. The second-order valence-electron chi connectivity index (χ2n) is 2.19. The minimum Gasteiger partial charge on any atom is -0.291 e. The van der Waals surface area contributed by atoms with Crippen LogP contribution in [0.25, 0.3) is 0 Å². The summed E-state index contributed by atoms with van der Waals surface area (Å²) in [5.74, 6) is 0.504. The van der Waals surface area contributed by atoms with Crippen LogP contribution in [0.3, 0.4) is 0 Å². The summed E-state index contributed by atoms with van der Waals surface area (Å²) in [5, 5.41) is 16.9. The average molecular weight is 170 g/mol. The SMILES string of the molecule is CCc1cn[nH]c1NC(=O)NO. The molecule has 6 heteroatoms. The van der Waals surface area contributed by atoms with Gasteiger partial charge in [0.05, 0.1) is 6.20 Å². The van der Waals surface area contributed by atoms with Crippen molar-refractivity contribution in [2.75, 3.05) is 5.32 Å². The number of nitrogens with zero attached hydrogens (tertiary/aromatic N) is 1. The Hall–Kier alpha value is -1.56. The number of aromatic amines is 1. The van der Waals surface area contributed by atoms with E-state index in [1.165, 1.54) is 5.48 Å². The first-order valence-corrected chi connectivity index (χ1v) is 3.51. The summed E-state index contributed by atoms with van der Waals surface area (Å²) >= 11 is 0. The number of anilines is 1. The van der Waals surface area contributed by atoms with Crippen LogP contribution < -0.4 is 10.8 Å². The number of nitrogens with one attached hydrogen (secondary N) is 3. The van der Waals surface area contributed by atoms with E-state index < -0.39 is 6.03 Å². The van der Waals surface area contributed by atoms with Gasteiger partial charge in [0.2, 0.25) is 0 Å². The van der Waals surface area contributed by atoms with Crippen molar-refractivity contribution in [3.8, 4) is 0 Å². The van der Waals surface area contributed by atoms with Crippen molar-refractivity contribution in [2.24, 2.45) is 0 Å². The molecule has 12 heavy (non-hydrogen) atoms. The van der Waals surface area contributed by atoms with Gasteiger partial charge in [-0.25, -0.2) is 10.3 Å². The highest BCUT2D eigenvalue weighted by Gasteiger charge is 2.05. The molecule has 0 bridgehead atoms. The van der Waals surface area contributed by atoms with Crippen LogP contribution in [0.15, 0.2) is 6.20 Å². The monoisotopic (exact) mass is 170 g/mol. The number of amides is 2. The Labute approximate surface area is 68.9 Å². The number of hydroxylamine groups is 1. The maximum absolute atomic E-state index is 10.6. The van der Waals surface area contributed by atoms with Crippen molar-refractivity contribution in [3.63, 3.8) is 0 Å². The predicted molar refractivity (Wildman–Crippen MR) is 41.9 cm³/mol. The Morgan fingerprint density at radius 2 is 2.58 bits per heavy atom. The van der Waals surface area contributed by atoms with Gasteiger partial charge in [0.25, 0.3) is 0 Å². The molecule has 0 aliphatic heterocycles. The summed E-state index contributed by atoms with van der Waals surface area (Å²) in [6.07, 6.45) is 2.38. The van der Waals surface area contributed by atoms with Crippen molar-refractivity contribution in [3.05, 3.63) is 11.8 Å². The van der Waals surface area contributed by atoms with E-state index in [-0.39, 0.29) is 0 Å². The van der Waals surface area contributed by atoms with Gasteiger partial charge in [-0.15, -0.1) is 0 Å². The number of urea groups is 1. The van der Waals surface area contributed by atoms with Crippen LogP contribution in [0, 0.1) is 0 Å². The van der Waals surface area contributed by atoms with Crippen LogP contribution in [0.2, 0.25) is 0 Å². The first-order chi connectivity index (χ1) is 5.77. The molecule has 0 saturated carbocycles. The minimum atomic E-state index is -0.686. The molecule has 1 aromatic heterocycles. The normalized spacial score (nSPS) is 9.50. The predicted octanol–water partition coefficient (Wildman–Crippen LogP) is 0.483. The summed E-state index contributed by atoms with van der Waals surface area (Å²) in [5.41, 5.74) is 2.34. The molecule has 66 valence electrons. The molecule has 1 rings (SSSR count). The Kier molecular flexibility index (Phi) is 2.65. The van der Waals surface area contributed by atoms with E-state index in [0.29, 0.717) is 5.82 Å². The molecule has 1 heterocycles. The van der Waals surface area contributed by atoms with E-state index in [1.54, 1.807) is 6.20 Å². The number of aryl methyl sites for hydroxylation is 1. The molecule has 0 spiro atoms. The second kappa shape index (κ2) is 3.72. The highest BCUT2D eigenvalue weighted by Crippen LogP contribution is 2.10. The smallest absolute Gasteiger partial charge is 0.291 e. The molecule has 0 aliphatic carbocycles. The molecular weight excluding hydrogens is 160 g/mol. The maximum Gasteiger partial charge on any atom is 0.344 e. The third-order valence-corrected chi connectivity index (χ3v) is 1.44. The number of hydrogen-bond acceptors (Lipinski definition) is 3. The summed E-state index contributed by atoms with van der Waals surface area (Å²) in [7, 11) is 0. The van der Waals surface area contributed by atoms with Crippen molar-refractivity contribution in [1.29, 1.82) is 0 Å². The molecule has 0 fully saturated rings. The van der Waals surface area contributed by atoms with E-state index in [9.17, 15) is 4.79 Å². The maximum atomic E-state index is 10.6. The fourth-order valence-electron chi connectivity index (χ4n) is 0.829. The molecule has 6 nitrogen and oxygen atoms in total. The van der Waals surface area contributed by atoms with Gasteiger partial charge in [0.1, 0.15) is 5.82 Å². The third kappa shape index (κ3) is 1.73. The number of rotatable bonds is 2. The van der Waals surface area contributed by atoms with Crippen LogP contribution >= 0.6 is 0 Å². The van der Waals surface area contributed by atoms with Gasteiger partial charge >= 0.3 is 6.03 Å². The van der Waals surface area contributed by atoms with Crippen LogP contribution in [0.1, 0.15) is 12.5 Å². The minimum absolute atomic E-state index is 0.504. The molecule has 0 saturated heterocycles. The van der Waals surface area contributed by atoms with E-state index in [4.69, 9.17) is 5.21 Å². The number of H-pyrrole nitrogens is 1. The van der Waals surface area contributed by atoms with Gasteiger partial charge < -0.3 is 0 Å². The highest BCUT2D eigenvalue weighted by atomic mass is 16.5. The standard InChI is InChI=1S/C6H10N4O2/c1-2-4-3-7-9-5(4)8-6(11)10-12/h3,12H,2H2,1H3,(H3,7,8,9,10,11). The number of hydrogen-bond donors (Lipinski definition) is 4. The van der Waals surface area contributed by atoms with E-state index in [1.807, 2.05) is 6.92 Å². The van der Waals surface area contributed by atoms with Crippen LogP contribution in [-0.4, -0.2) is 21.4 Å². The van der Waals surface area contributed by atoms with Crippen molar-refractivity contribution in [1.82, 2.24) is 15.7 Å². The molecule has 0 aromatic carbocycles. The number of aromatic nitrogens is 2. The molecule has 0 radical (unpaired) electrons. The second-order valence-corrected chi connectivity index (χ2v) is 2.19. The molecule has 2 amide bonds. The van der Waals surface area contributed by atoms with Crippen LogP contribution in [0.4, 0.5) is 10.6 Å². The zero-order valence-electron chi connectivity index (χ0n) is 6.59. The van der Waals surface area contributed by atoms with E-state index in [2.05, 4.69) is 15.5 Å². The molecule has 0 unspecified atom stereocenters. The first kappa shape index (κ1) is 8.54. The molecular formula is C6H10N4O2. The van der Waals surface area contributed by atoms with Gasteiger partial charge in [0.15, 0.2) is 0 Å². The lowest BCUT2D eigenvalue weighted by molar-refractivity contribution is 0.172. The molecule has 0 atom stereocenters. The van der Waals surface area contributed by atoms with Gasteiger partial charge in [-0.1, -0.05) is 6.92 Å². The summed E-state index contributed by atoms with van der Waals surface area (Å²) in [4.78, 5) is 10.6. The largest absolute Gasteiger partial charge is 0.344 e. The summed E-state index contributed by atoms with van der Waals surface area (Å²) in [6, 6.07) is -0.686. The average Bonchev–Trinajstić information content (AvgIpc) is 2.51. The van der Waals surface area contributed by atoms with E-state index in [0.717, 1.165) is 12.0 Å². The Morgan fingerprint density at radius 3 is 3.17 bits per heavy atom. The van der Waals surface area contributed by atoms with Gasteiger partial charge in [-0.3, -0.25) is 15.6 Å². The summed E-state index contributed by atoms with van der Waals surface area (Å²) in [6.45, 7) is 1.94. The topological polar surface area (TPSA) is 90.0 Å². The first-order valence-electron chi connectivity index (χ1n) is 3.51. The van der Waals surface area contributed by atoms with Crippen LogP contribution in [0.5, 0.6) is 0 Å². The summed E-state index contributed by atoms with van der Waals surface area (Å²) < 4.78 is 0. The number of carbonyl (C=O) groups excluding carboxylic acids is 1. The molecule has 1 aromatic rings. The Morgan fingerprint density at radius 1 is 1.83 bits per heavy atom. The quantitative estimate of drug-likeness (QED) is 0.384. The lowest BCUT2D eigenvalue weighted by Crippen LogP contribution is -2.25. The highest BCUT2D eigenvalue weighted by molar-refractivity contribution is 5.87. The number of carbonyl (C=O) groups is 1. The zero-order valence-corrected chi connectivity index (χ0v) is 6.59. The van der Waals surface area contributed by atoms with Crippen molar-refractivity contribution >= 4 is 11.8 Å². The van der Waals surface area contributed by atoms with Crippen molar-refractivity contribution < 1.29 is 10.0 Å². The van der Waals surface area contributed by atoms with E-state index >= 15 is 0 Å². The van der Waals surface area contributed by atoms with Crippen LogP contribution in [-0.2, 0) is 6.42 Å².